The number of rotatable bonds is 4. The van der Waals surface area contributed by atoms with Crippen LogP contribution in [0, 0.1) is 6.92 Å². The fourth-order valence-electron chi connectivity index (χ4n) is 1.75. The molecular weight excluding hydrogens is 269 g/mol. The van der Waals surface area contributed by atoms with E-state index in [9.17, 15) is 0 Å². The van der Waals surface area contributed by atoms with Gasteiger partial charge in [-0.25, -0.2) is 4.68 Å². The van der Waals surface area contributed by atoms with Gasteiger partial charge in [-0.2, -0.15) is 5.10 Å². The first kappa shape index (κ1) is 13.4. The van der Waals surface area contributed by atoms with Crippen LogP contribution in [0.1, 0.15) is 18.2 Å². The van der Waals surface area contributed by atoms with E-state index >= 15 is 0 Å². The molecule has 18 heavy (non-hydrogen) atoms. The number of nitrogens with zero attached hydrogens (tertiary/aromatic N) is 2. The Morgan fingerprint density at radius 2 is 2.06 bits per heavy atom. The summed E-state index contributed by atoms with van der Waals surface area (Å²) in [4.78, 5) is 0. The predicted molar refractivity (Wildman–Crippen MR) is 75.7 cm³/mol. The molecule has 0 bridgehead atoms. The highest BCUT2D eigenvalue weighted by atomic mass is 35.5. The molecule has 5 heteroatoms. The van der Waals surface area contributed by atoms with Gasteiger partial charge >= 0.3 is 0 Å². The average Bonchev–Trinajstić information content (AvgIpc) is 2.72. The van der Waals surface area contributed by atoms with E-state index in [1.54, 1.807) is 6.07 Å². The number of aromatic nitrogens is 2. The Bertz CT molecular complexity index is 549. The summed E-state index contributed by atoms with van der Waals surface area (Å²) < 4.78 is 1.87. The number of hydrogen-bond acceptors (Lipinski definition) is 2. The van der Waals surface area contributed by atoms with E-state index in [1.165, 1.54) is 5.56 Å². The summed E-state index contributed by atoms with van der Waals surface area (Å²) in [7, 11) is 0. The van der Waals surface area contributed by atoms with Crippen LogP contribution in [0.25, 0.3) is 5.69 Å². The third kappa shape index (κ3) is 2.69. The molecule has 0 radical (unpaired) electrons. The minimum absolute atomic E-state index is 0.539. The lowest BCUT2D eigenvalue weighted by molar-refractivity contribution is 0.721. The Morgan fingerprint density at radius 1 is 1.28 bits per heavy atom. The molecule has 0 saturated heterocycles. The highest BCUT2D eigenvalue weighted by Gasteiger charge is 2.08. The summed E-state index contributed by atoms with van der Waals surface area (Å²) >= 11 is 11.9. The van der Waals surface area contributed by atoms with E-state index in [2.05, 4.69) is 17.3 Å². The van der Waals surface area contributed by atoms with Gasteiger partial charge in [0.2, 0.25) is 0 Å². The summed E-state index contributed by atoms with van der Waals surface area (Å²) in [6.45, 7) is 5.89. The third-order valence-electron chi connectivity index (χ3n) is 2.82. The van der Waals surface area contributed by atoms with Gasteiger partial charge in [0.05, 0.1) is 21.9 Å². The van der Waals surface area contributed by atoms with Crippen LogP contribution < -0.4 is 5.32 Å². The second-order valence-electron chi connectivity index (χ2n) is 4.05. The molecule has 0 amide bonds. The van der Waals surface area contributed by atoms with Crippen molar-refractivity contribution in [3.8, 4) is 5.69 Å². The van der Waals surface area contributed by atoms with Crippen molar-refractivity contribution < 1.29 is 0 Å². The Balaban J connectivity index is 2.33. The van der Waals surface area contributed by atoms with Gasteiger partial charge in [-0.05, 0) is 31.7 Å². The maximum Gasteiger partial charge on any atom is 0.0664 e. The Morgan fingerprint density at radius 3 is 2.72 bits per heavy atom. The van der Waals surface area contributed by atoms with Crippen LogP contribution in [0.3, 0.4) is 0 Å². The van der Waals surface area contributed by atoms with Gasteiger partial charge in [-0.15, -0.1) is 0 Å². The van der Waals surface area contributed by atoms with E-state index in [0.717, 1.165) is 24.5 Å². The van der Waals surface area contributed by atoms with Gasteiger partial charge in [0.15, 0.2) is 0 Å². The molecule has 0 aliphatic heterocycles. The van der Waals surface area contributed by atoms with Crippen molar-refractivity contribution in [2.75, 3.05) is 6.54 Å². The molecule has 0 atom stereocenters. The molecule has 0 spiro atoms. The van der Waals surface area contributed by atoms with Gasteiger partial charge < -0.3 is 5.32 Å². The number of benzene rings is 1. The second-order valence-corrected chi connectivity index (χ2v) is 4.86. The van der Waals surface area contributed by atoms with Crippen molar-refractivity contribution in [2.45, 2.75) is 20.4 Å². The van der Waals surface area contributed by atoms with Crippen molar-refractivity contribution in [1.29, 1.82) is 0 Å². The summed E-state index contributed by atoms with van der Waals surface area (Å²) in [5.74, 6) is 0. The van der Waals surface area contributed by atoms with Gasteiger partial charge in [0.25, 0.3) is 0 Å². The lowest BCUT2D eigenvalue weighted by Crippen LogP contribution is -2.12. The highest BCUT2D eigenvalue weighted by Crippen LogP contribution is 2.25. The Hall–Kier alpha value is -1.03. The molecule has 0 aliphatic rings. The highest BCUT2D eigenvalue weighted by molar-refractivity contribution is 6.42. The molecule has 96 valence electrons. The largest absolute Gasteiger partial charge is 0.313 e. The molecule has 2 aromatic rings. The van der Waals surface area contributed by atoms with E-state index < -0.39 is 0 Å². The Labute approximate surface area is 117 Å². The monoisotopic (exact) mass is 283 g/mol. The first-order valence-corrected chi connectivity index (χ1v) is 6.58. The standard InChI is InChI=1S/C13H15Cl2N3/c1-3-16-7-10-8-17-18(9(10)2)11-4-5-12(14)13(15)6-11/h4-6,8,16H,3,7H2,1-2H3. The normalized spacial score (nSPS) is 10.9. The zero-order valence-electron chi connectivity index (χ0n) is 10.4. The summed E-state index contributed by atoms with van der Waals surface area (Å²) in [6.07, 6.45) is 1.88. The lowest BCUT2D eigenvalue weighted by atomic mass is 10.2. The van der Waals surface area contributed by atoms with Crippen molar-refractivity contribution in [3.63, 3.8) is 0 Å². The third-order valence-corrected chi connectivity index (χ3v) is 3.56. The smallest absolute Gasteiger partial charge is 0.0664 e. The van der Waals surface area contributed by atoms with Crippen molar-refractivity contribution >= 4 is 23.2 Å². The van der Waals surface area contributed by atoms with Gasteiger partial charge in [0.1, 0.15) is 0 Å². The van der Waals surface area contributed by atoms with Crippen molar-refractivity contribution in [1.82, 2.24) is 15.1 Å². The van der Waals surface area contributed by atoms with Gasteiger partial charge in [-0.1, -0.05) is 30.1 Å². The zero-order valence-corrected chi connectivity index (χ0v) is 11.9. The first-order valence-electron chi connectivity index (χ1n) is 5.83. The van der Waals surface area contributed by atoms with Crippen LogP contribution in [0.5, 0.6) is 0 Å². The van der Waals surface area contributed by atoms with Crippen molar-refractivity contribution in [2.24, 2.45) is 0 Å². The van der Waals surface area contributed by atoms with Crippen LogP contribution >= 0.6 is 23.2 Å². The second kappa shape index (κ2) is 5.74. The predicted octanol–water partition coefficient (Wildman–Crippen LogP) is 3.60. The van der Waals surface area contributed by atoms with E-state index in [-0.39, 0.29) is 0 Å². The fraction of sp³-hybridized carbons (Fsp3) is 0.308. The van der Waals surface area contributed by atoms with Gasteiger partial charge in [0, 0.05) is 17.8 Å². The SMILES string of the molecule is CCNCc1cnn(-c2ccc(Cl)c(Cl)c2)c1C. The fourth-order valence-corrected chi connectivity index (χ4v) is 2.05. The van der Waals surface area contributed by atoms with Crippen LogP contribution in [0.15, 0.2) is 24.4 Å². The average molecular weight is 284 g/mol. The van der Waals surface area contributed by atoms with Crippen LogP contribution in [-0.4, -0.2) is 16.3 Å². The van der Waals surface area contributed by atoms with Crippen LogP contribution in [0.2, 0.25) is 10.0 Å². The zero-order chi connectivity index (χ0) is 13.1. The van der Waals surface area contributed by atoms with E-state index in [4.69, 9.17) is 23.2 Å². The molecule has 0 aliphatic carbocycles. The molecule has 1 heterocycles. The molecule has 3 nitrogen and oxygen atoms in total. The number of hydrogen-bond donors (Lipinski definition) is 1. The minimum atomic E-state index is 0.539. The van der Waals surface area contributed by atoms with E-state index in [0.29, 0.717) is 10.0 Å². The Kier molecular flexibility index (Phi) is 4.27. The molecule has 1 aromatic carbocycles. The van der Waals surface area contributed by atoms with Crippen LogP contribution in [-0.2, 0) is 6.54 Å². The molecule has 1 aromatic heterocycles. The number of nitrogens with one attached hydrogen (secondary N) is 1. The van der Waals surface area contributed by atoms with Crippen LogP contribution in [0.4, 0.5) is 0 Å². The molecule has 0 unspecified atom stereocenters. The number of halogens is 2. The topological polar surface area (TPSA) is 29.9 Å². The minimum Gasteiger partial charge on any atom is -0.313 e. The lowest BCUT2D eigenvalue weighted by Gasteiger charge is -2.07. The first-order chi connectivity index (χ1) is 8.63. The van der Waals surface area contributed by atoms with E-state index in [1.807, 2.05) is 29.9 Å². The molecule has 1 N–H and O–H groups in total. The quantitative estimate of drug-likeness (QED) is 0.929. The molecule has 0 saturated carbocycles. The molecule has 2 rings (SSSR count). The maximum absolute atomic E-state index is 6.02. The van der Waals surface area contributed by atoms with Crippen molar-refractivity contribution in [3.05, 3.63) is 45.7 Å². The summed E-state index contributed by atoms with van der Waals surface area (Å²) in [5, 5.41) is 8.77. The molecule has 0 fully saturated rings. The maximum atomic E-state index is 6.02. The van der Waals surface area contributed by atoms with Gasteiger partial charge in [-0.3, -0.25) is 0 Å². The summed E-state index contributed by atoms with van der Waals surface area (Å²) in [5.41, 5.74) is 3.21. The summed E-state index contributed by atoms with van der Waals surface area (Å²) in [6, 6.07) is 5.51. The molecular formula is C13H15Cl2N3.